The van der Waals surface area contributed by atoms with Crippen molar-refractivity contribution in [2.45, 2.75) is 13.8 Å². The monoisotopic (exact) mass is 265 g/mol. The summed E-state index contributed by atoms with van der Waals surface area (Å²) in [5.41, 5.74) is 1.88. The topological polar surface area (TPSA) is 52.3 Å². The van der Waals surface area contributed by atoms with E-state index >= 15 is 0 Å². The minimum absolute atomic E-state index is 0.304. The SMILES string of the molecule is CCOC(=O)c1cnoc1-c1cccc(Cl)c1C. The second-order valence-corrected chi connectivity index (χ2v) is 4.11. The maximum atomic E-state index is 11.7. The van der Waals surface area contributed by atoms with Gasteiger partial charge in [-0.3, -0.25) is 0 Å². The predicted molar refractivity (Wildman–Crippen MR) is 67.6 cm³/mol. The van der Waals surface area contributed by atoms with Crippen LogP contribution < -0.4 is 0 Å². The second kappa shape index (κ2) is 5.23. The number of rotatable bonds is 3. The molecule has 0 amide bonds. The number of hydrogen-bond donors (Lipinski definition) is 0. The minimum Gasteiger partial charge on any atom is -0.462 e. The van der Waals surface area contributed by atoms with Gasteiger partial charge in [0, 0.05) is 10.6 Å². The maximum absolute atomic E-state index is 11.7. The van der Waals surface area contributed by atoms with E-state index in [1.54, 1.807) is 19.1 Å². The van der Waals surface area contributed by atoms with Crippen LogP contribution in [-0.4, -0.2) is 17.7 Å². The van der Waals surface area contributed by atoms with Crippen molar-refractivity contribution in [2.24, 2.45) is 0 Å². The molecular weight excluding hydrogens is 254 g/mol. The fourth-order valence-electron chi connectivity index (χ4n) is 1.64. The van der Waals surface area contributed by atoms with E-state index in [4.69, 9.17) is 20.9 Å². The van der Waals surface area contributed by atoms with Gasteiger partial charge in [0.25, 0.3) is 0 Å². The molecule has 2 aromatic rings. The van der Waals surface area contributed by atoms with Gasteiger partial charge in [0.15, 0.2) is 5.76 Å². The number of esters is 1. The molecule has 5 heteroatoms. The number of carbonyl (C=O) groups is 1. The van der Waals surface area contributed by atoms with Crippen LogP contribution in [-0.2, 0) is 4.74 Å². The molecule has 0 radical (unpaired) electrons. The van der Waals surface area contributed by atoms with Gasteiger partial charge in [-0.15, -0.1) is 0 Å². The molecular formula is C13H12ClNO3. The molecule has 1 heterocycles. The minimum atomic E-state index is -0.451. The number of aromatic nitrogens is 1. The second-order valence-electron chi connectivity index (χ2n) is 3.70. The van der Waals surface area contributed by atoms with Gasteiger partial charge in [-0.25, -0.2) is 4.79 Å². The van der Waals surface area contributed by atoms with Crippen molar-refractivity contribution in [3.63, 3.8) is 0 Å². The van der Waals surface area contributed by atoms with Gasteiger partial charge in [0.2, 0.25) is 0 Å². The predicted octanol–water partition coefficient (Wildman–Crippen LogP) is 3.48. The highest BCUT2D eigenvalue weighted by Gasteiger charge is 2.20. The maximum Gasteiger partial charge on any atom is 0.343 e. The number of carbonyl (C=O) groups excluding carboxylic acids is 1. The molecule has 0 fully saturated rings. The third-order valence-corrected chi connectivity index (χ3v) is 2.99. The fourth-order valence-corrected chi connectivity index (χ4v) is 1.82. The quantitative estimate of drug-likeness (QED) is 0.797. The molecule has 0 unspecified atom stereocenters. The van der Waals surface area contributed by atoms with Gasteiger partial charge in [-0.1, -0.05) is 28.9 Å². The molecule has 0 saturated heterocycles. The first-order valence-electron chi connectivity index (χ1n) is 5.52. The van der Waals surface area contributed by atoms with Crippen LogP contribution in [0.4, 0.5) is 0 Å². The first-order valence-corrected chi connectivity index (χ1v) is 5.90. The highest BCUT2D eigenvalue weighted by molar-refractivity contribution is 6.31. The van der Waals surface area contributed by atoms with Gasteiger partial charge in [-0.05, 0) is 25.5 Å². The molecule has 0 saturated carbocycles. The Hall–Kier alpha value is -1.81. The Morgan fingerprint density at radius 3 is 3.00 bits per heavy atom. The Morgan fingerprint density at radius 2 is 2.28 bits per heavy atom. The van der Waals surface area contributed by atoms with Gasteiger partial charge in [-0.2, -0.15) is 0 Å². The molecule has 1 aromatic carbocycles. The van der Waals surface area contributed by atoms with Crippen LogP contribution >= 0.6 is 11.6 Å². The molecule has 0 N–H and O–H groups in total. The smallest absolute Gasteiger partial charge is 0.343 e. The summed E-state index contributed by atoms with van der Waals surface area (Å²) in [6.45, 7) is 3.91. The molecule has 0 bridgehead atoms. The summed E-state index contributed by atoms with van der Waals surface area (Å²) in [6, 6.07) is 5.40. The summed E-state index contributed by atoms with van der Waals surface area (Å²) in [6.07, 6.45) is 1.35. The van der Waals surface area contributed by atoms with Crippen LogP contribution in [0, 0.1) is 6.92 Å². The fraction of sp³-hybridized carbons (Fsp3) is 0.231. The van der Waals surface area contributed by atoms with Gasteiger partial charge < -0.3 is 9.26 Å². The Morgan fingerprint density at radius 1 is 1.50 bits per heavy atom. The lowest BCUT2D eigenvalue weighted by Gasteiger charge is -2.05. The summed E-state index contributed by atoms with van der Waals surface area (Å²) in [7, 11) is 0. The van der Waals surface area contributed by atoms with Gasteiger partial charge >= 0.3 is 5.97 Å². The molecule has 0 aliphatic carbocycles. The zero-order chi connectivity index (χ0) is 13.1. The molecule has 0 spiro atoms. The number of ether oxygens (including phenoxy) is 1. The highest BCUT2D eigenvalue weighted by atomic mass is 35.5. The zero-order valence-corrected chi connectivity index (χ0v) is 10.8. The number of halogens is 1. The van der Waals surface area contributed by atoms with Crippen molar-refractivity contribution in [1.29, 1.82) is 0 Å². The van der Waals surface area contributed by atoms with E-state index in [1.807, 2.05) is 13.0 Å². The van der Waals surface area contributed by atoms with Gasteiger partial charge in [0.1, 0.15) is 5.56 Å². The average Bonchev–Trinajstić information content (AvgIpc) is 2.82. The van der Waals surface area contributed by atoms with Crippen LogP contribution in [0.2, 0.25) is 5.02 Å². The molecule has 0 aliphatic rings. The van der Waals surface area contributed by atoms with E-state index in [-0.39, 0.29) is 0 Å². The third kappa shape index (κ3) is 2.24. The largest absolute Gasteiger partial charge is 0.462 e. The Bertz CT molecular complexity index is 577. The zero-order valence-electron chi connectivity index (χ0n) is 10.1. The Labute approximate surface area is 109 Å². The highest BCUT2D eigenvalue weighted by Crippen LogP contribution is 2.30. The van der Waals surface area contributed by atoms with Crippen molar-refractivity contribution in [3.8, 4) is 11.3 Å². The van der Waals surface area contributed by atoms with Crippen LogP contribution in [0.1, 0.15) is 22.8 Å². The summed E-state index contributed by atoms with van der Waals surface area (Å²) < 4.78 is 10.1. The van der Waals surface area contributed by atoms with E-state index in [9.17, 15) is 4.79 Å². The van der Waals surface area contributed by atoms with Crippen LogP contribution in [0.3, 0.4) is 0 Å². The standard InChI is InChI=1S/C13H12ClNO3/c1-3-17-13(16)10-7-15-18-12(10)9-5-4-6-11(14)8(9)2/h4-7H,3H2,1-2H3. The van der Waals surface area contributed by atoms with E-state index in [1.165, 1.54) is 6.20 Å². The molecule has 18 heavy (non-hydrogen) atoms. The lowest BCUT2D eigenvalue weighted by atomic mass is 10.0. The average molecular weight is 266 g/mol. The normalized spacial score (nSPS) is 10.4. The molecule has 94 valence electrons. The summed E-state index contributed by atoms with van der Waals surface area (Å²) in [5.74, 6) is -0.0680. The van der Waals surface area contributed by atoms with Crippen LogP contribution in [0.25, 0.3) is 11.3 Å². The van der Waals surface area contributed by atoms with Crippen LogP contribution in [0.5, 0.6) is 0 Å². The van der Waals surface area contributed by atoms with Crippen molar-refractivity contribution in [1.82, 2.24) is 5.16 Å². The van der Waals surface area contributed by atoms with E-state index in [2.05, 4.69) is 5.16 Å². The summed E-state index contributed by atoms with van der Waals surface area (Å²) in [5, 5.41) is 4.26. The van der Waals surface area contributed by atoms with E-state index in [0.717, 1.165) is 11.1 Å². The number of nitrogens with zero attached hydrogens (tertiary/aromatic N) is 1. The van der Waals surface area contributed by atoms with E-state index < -0.39 is 5.97 Å². The lowest BCUT2D eigenvalue weighted by molar-refractivity contribution is 0.0527. The Balaban J connectivity index is 2.49. The summed E-state index contributed by atoms with van der Waals surface area (Å²) >= 11 is 6.05. The number of benzene rings is 1. The lowest BCUT2D eigenvalue weighted by Crippen LogP contribution is -2.04. The molecule has 4 nitrogen and oxygen atoms in total. The third-order valence-electron chi connectivity index (χ3n) is 2.58. The molecule has 2 rings (SSSR count). The van der Waals surface area contributed by atoms with Crippen molar-refractivity contribution < 1.29 is 14.1 Å². The van der Waals surface area contributed by atoms with Crippen molar-refractivity contribution in [3.05, 3.63) is 40.5 Å². The Kier molecular flexibility index (Phi) is 3.67. The number of hydrogen-bond acceptors (Lipinski definition) is 4. The van der Waals surface area contributed by atoms with Crippen LogP contribution in [0.15, 0.2) is 28.9 Å². The van der Waals surface area contributed by atoms with Crippen molar-refractivity contribution in [2.75, 3.05) is 6.61 Å². The van der Waals surface area contributed by atoms with Gasteiger partial charge in [0.05, 0.1) is 12.8 Å². The molecule has 0 atom stereocenters. The van der Waals surface area contributed by atoms with Crippen molar-refractivity contribution >= 4 is 17.6 Å². The first kappa shape index (κ1) is 12.6. The van der Waals surface area contributed by atoms with E-state index in [0.29, 0.717) is 23.0 Å². The molecule has 1 aromatic heterocycles. The molecule has 0 aliphatic heterocycles. The first-order chi connectivity index (χ1) is 8.65. The summed E-state index contributed by atoms with van der Waals surface area (Å²) in [4.78, 5) is 11.7.